The summed E-state index contributed by atoms with van der Waals surface area (Å²) in [4.78, 5) is 33.4. The first-order chi connectivity index (χ1) is 18.9. The van der Waals surface area contributed by atoms with E-state index in [0.717, 1.165) is 30.7 Å². The molecule has 2 aromatic rings. The molecule has 1 aromatic heterocycles. The van der Waals surface area contributed by atoms with Gasteiger partial charge in [0.25, 0.3) is 0 Å². The van der Waals surface area contributed by atoms with Gasteiger partial charge in [-0.3, -0.25) is 0 Å². The van der Waals surface area contributed by atoms with Crippen LogP contribution in [-0.4, -0.2) is 84.2 Å². The molecule has 0 spiro atoms. The summed E-state index contributed by atoms with van der Waals surface area (Å²) < 4.78 is 75.5. The topological polar surface area (TPSA) is 142 Å². The van der Waals surface area contributed by atoms with E-state index in [0.29, 0.717) is 37.7 Å². The van der Waals surface area contributed by atoms with Gasteiger partial charge in [0.15, 0.2) is 9.84 Å². The summed E-state index contributed by atoms with van der Waals surface area (Å²) in [5, 5.41) is 10.6. The molecule has 0 atom stereocenters. The molecule has 3 heterocycles. The largest absolute Gasteiger partial charge is 0.490 e. The number of halogens is 4. The predicted molar refractivity (Wildman–Crippen MR) is 140 cm³/mol. The third kappa shape index (κ3) is 8.41. The fourth-order valence-corrected chi connectivity index (χ4v) is 4.85. The zero-order chi connectivity index (χ0) is 30.8. The molecule has 1 fully saturated rings. The van der Waals surface area contributed by atoms with Gasteiger partial charge in [-0.05, 0) is 58.2 Å². The average molecular weight is 606 g/mol. The molecule has 2 aliphatic heterocycles. The Hall–Kier alpha value is -3.69. The molecule has 0 aliphatic carbocycles. The number of carboxylic acid groups (broad SMARTS) is 1. The minimum absolute atomic E-state index is 0.0593. The number of ether oxygens (including phenoxy) is 1. The van der Waals surface area contributed by atoms with Gasteiger partial charge in [-0.15, -0.1) is 0 Å². The van der Waals surface area contributed by atoms with Gasteiger partial charge in [0.1, 0.15) is 29.4 Å². The van der Waals surface area contributed by atoms with Crippen molar-refractivity contribution in [2.75, 3.05) is 36.1 Å². The van der Waals surface area contributed by atoms with E-state index in [9.17, 15) is 30.8 Å². The number of piperidine rings is 1. The van der Waals surface area contributed by atoms with E-state index < -0.39 is 33.4 Å². The predicted octanol–water partition coefficient (Wildman–Crippen LogP) is 4.16. The van der Waals surface area contributed by atoms with Crippen LogP contribution in [0, 0.1) is 5.82 Å². The van der Waals surface area contributed by atoms with Crippen molar-refractivity contribution in [1.82, 2.24) is 14.9 Å². The summed E-state index contributed by atoms with van der Waals surface area (Å²) >= 11 is 0. The number of fused-ring (bicyclic) bond motifs is 1. The molecule has 11 nitrogen and oxygen atoms in total. The molecule has 0 radical (unpaired) electrons. The molecular formula is C25H31F4N5O6S. The van der Waals surface area contributed by atoms with Crippen molar-refractivity contribution in [3.8, 4) is 0 Å². The first kappa shape index (κ1) is 31.8. The number of anilines is 3. The monoisotopic (exact) mass is 605 g/mol. The van der Waals surface area contributed by atoms with Gasteiger partial charge in [0.2, 0.25) is 0 Å². The molecule has 4 rings (SSSR count). The second-order valence-electron chi connectivity index (χ2n) is 10.5. The number of likely N-dealkylation sites (tertiary alicyclic amines) is 1. The maximum atomic E-state index is 14.8. The number of nitrogens with zero attached hydrogens (tertiary/aromatic N) is 4. The lowest BCUT2D eigenvalue weighted by atomic mass is 10.0. The second-order valence-corrected chi connectivity index (χ2v) is 12.5. The molecule has 2 N–H and O–H groups in total. The molecule has 1 saturated heterocycles. The zero-order valence-electron chi connectivity index (χ0n) is 22.8. The minimum Gasteiger partial charge on any atom is -0.475 e. The normalized spacial score (nSPS) is 16.0. The minimum atomic E-state index is -5.08. The van der Waals surface area contributed by atoms with Crippen LogP contribution in [0.2, 0.25) is 0 Å². The summed E-state index contributed by atoms with van der Waals surface area (Å²) in [5.74, 6) is -2.06. The van der Waals surface area contributed by atoms with E-state index in [1.54, 1.807) is 9.80 Å². The summed E-state index contributed by atoms with van der Waals surface area (Å²) in [7, 11) is -3.49. The fourth-order valence-electron chi connectivity index (χ4n) is 4.22. The maximum absolute atomic E-state index is 14.8. The Morgan fingerprint density at radius 2 is 1.71 bits per heavy atom. The number of hydrogen-bond donors (Lipinski definition) is 2. The van der Waals surface area contributed by atoms with Crippen molar-refractivity contribution >= 4 is 39.2 Å². The highest BCUT2D eigenvalue weighted by Gasteiger charge is 2.38. The van der Waals surface area contributed by atoms with Gasteiger partial charge >= 0.3 is 18.2 Å². The Morgan fingerprint density at radius 3 is 2.22 bits per heavy atom. The number of alkyl halides is 3. The molecule has 0 unspecified atom stereocenters. The van der Waals surface area contributed by atoms with E-state index in [1.165, 1.54) is 18.5 Å². The van der Waals surface area contributed by atoms with Crippen LogP contribution in [0.25, 0.3) is 0 Å². The third-order valence-corrected chi connectivity index (χ3v) is 7.24. The molecular weight excluding hydrogens is 574 g/mol. The van der Waals surface area contributed by atoms with Gasteiger partial charge in [0.05, 0.1) is 10.6 Å². The Bertz CT molecular complexity index is 1390. The number of carbonyl (C=O) groups is 2. The van der Waals surface area contributed by atoms with Crippen LogP contribution in [0.5, 0.6) is 0 Å². The van der Waals surface area contributed by atoms with Crippen LogP contribution in [0.15, 0.2) is 29.4 Å². The number of carboxylic acids is 1. The van der Waals surface area contributed by atoms with Gasteiger partial charge in [-0.25, -0.2) is 32.4 Å². The number of benzene rings is 1. The van der Waals surface area contributed by atoms with Crippen molar-refractivity contribution in [2.24, 2.45) is 0 Å². The number of aromatic nitrogens is 2. The van der Waals surface area contributed by atoms with Crippen LogP contribution >= 0.6 is 0 Å². The van der Waals surface area contributed by atoms with E-state index in [-0.39, 0.29) is 22.7 Å². The van der Waals surface area contributed by atoms with Gasteiger partial charge in [-0.1, -0.05) is 0 Å². The Morgan fingerprint density at radius 1 is 1.10 bits per heavy atom. The van der Waals surface area contributed by atoms with Crippen LogP contribution in [-0.2, 0) is 25.8 Å². The Kier molecular flexibility index (Phi) is 9.35. The maximum Gasteiger partial charge on any atom is 0.490 e. The summed E-state index contributed by atoms with van der Waals surface area (Å²) in [6, 6.07) is 4.06. The lowest BCUT2D eigenvalue weighted by Gasteiger charge is -2.34. The number of hydrogen-bond acceptors (Lipinski definition) is 9. The summed E-state index contributed by atoms with van der Waals surface area (Å²) in [6.45, 7) is 7.24. The van der Waals surface area contributed by atoms with E-state index >= 15 is 0 Å². The van der Waals surface area contributed by atoms with Gasteiger partial charge < -0.3 is 25.0 Å². The molecule has 1 amide bonds. The first-order valence-electron chi connectivity index (χ1n) is 12.5. The highest BCUT2D eigenvalue weighted by molar-refractivity contribution is 7.90. The standard InChI is InChI=1S/C23H30FN5O4S.C2HF3O2/c1-23(2,3)33-22(30)28-10-7-15(8-11-28)27-20-17-9-12-29(21(17)26-14-25-20)19-6-5-16(13-18(19)24)34(4,31)32;3-2(4,5)1(6)7/h5-6,13-15H,7-12H2,1-4H3,(H,25,26,27);(H,6,7). The highest BCUT2D eigenvalue weighted by atomic mass is 32.2. The zero-order valence-corrected chi connectivity index (χ0v) is 23.6. The number of rotatable bonds is 4. The number of sulfone groups is 1. The molecule has 226 valence electrons. The molecule has 1 aromatic carbocycles. The number of aliphatic carboxylic acids is 1. The van der Waals surface area contributed by atoms with Crippen LogP contribution in [0.1, 0.15) is 39.2 Å². The smallest absolute Gasteiger partial charge is 0.475 e. The van der Waals surface area contributed by atoms with Crippen molar-refractivity contribution in [3.63, 3.8) is 0 Å². The first-order valence-corrected chi connectivity index (χ1v) is 14.4. The second kappa shape index (κ2) is 12.0. The van der Waals surface area contributed by atoms with Gasteiger partial charge in [-0.2, -0.15) is 13.2 Å². The average Bonchev–Trinajstić information content (AvgIpc) is 3.27. The third-order valence-electron chi connectivity index (χ3n) is 6.13. The van der Waals surface area contributed by atoms with E-state index in [1.807, 2.05) is 20.8 Å². The summed E-state index contributed by atoms with van der Waals surface area (Å²) in [6.07, 6.45) is -0.753. The summed E-state index contributed by atoms with van der Waals surface area (Å²) in [5.41, 5.74) is 0.648. The number of amides is 1. The SMILES string of the molecule is CC(C)(C)OC(=O)N1CCC(Nc2ncnc3c2CCN3c2ccc(S(C)(=O)=O)cc2F)CC1.O=C(O)C(F)(F)F. The quantitative estimate of drug-likeness (QED) is 0.488. The van der Waals surface area contributed by atoms with Crippen molar-refractivity contribution < 1.29 is 45.4 Å². The molecule has 41 heavy (non-hydrogen) atoms. The molecule has 0 saturated carbocycles. The van der Waals surface area contributed by atoms with Crippen molar-refractivity contribution in [2.45, 2.75) is 62.7 Å². The Labute approximate surface area is 234 Å². The molecule has 16 heteroatoms. The number of carbonyl (C=O) groups excluding carboxylic acids is 1. The van der Waals surface area contributed by atoms with Crippen LogP contribution in [0.4, 0.5) is 39.7 Å². The lowest BCUT2D eigenvalue weighted by molar-refractivity contribution is -0.192. The highest BCUT2D eigenvalue weighted by Crippen LogP contribution is 2.37. The van der Waals surface area contributed by atoms with Crippen molar-refractivity contribution in [3.05, 3.63) is 35.9 Å². The molecule has 0 bridgehead atoms. The van der Waals surface area contributed by atoms with Crippen LogP contribution < -0.4 is 10.2 Å². The lowest BCUT2D eigenvalue weighted by Crippen LogP contribution is -2.44. The van der Waals surface area contributed by atoms with E-state index in [2.05, 4.69) is 15.3 Å². The molecule has 2 aliphatic rings. The fraction of sp³-hybridized carbons (Fsp3) is 0.520. The van der Waals surface area contributed by atoms with E-state index in [4.69, 9.17) is 14.6 Å². The number of nitrogens with one attached hydrogen (secondary N) is 1. The van der Waals surface area contributed by atoms with Crippen LogP contribution in [0.3, 0.4) is 0 Å². The van der Waals surface area contributed by atoms with Crippen molar-refractivity contribution in [1.29, 1.82) is 0 Å². The Balaban J connectivity index is 0.000000587. The van der Waals surface area contributed by atoms with Gasteiger partial charge in [0, 0.05) is 37.5 Å².